The third-order valence-electron chi connectivity index (χ3n) is 4.59. The highest BCUT2D eigenvalue weighted by Crippen LogP contribution is 2.20. The van der Waals surface area contributed by atoms with Gasteiger partial charge in [0.15, 0.2) is 0 Å². The number of amides is 1. The standard InChI is InChI=1S/C19H24N4O3S/c1-15-3-4-17(13-18(15)21-27(2,25)26)19(24)23-11-9-22(10-12-23)14-16-5-7-20-8-6-16/h3-8,13,21H,9-12,14H2,1-2H3. The highest BCUT2D eigenvalue weighted by molar-refractivity contribution is 7.92. The zero-order chi connectivity index (χ0) is 19.4. The average molecular weight is 388 g/mol. The zero-order valence-corrected chi connectivity index (χ0v) is 16.4. The molecule has 2 heterocycles. The molecule has 1 amide bonds. The first kappa shape index (κ1) is 19.3. The van der Waals surface area contributed by atoms with Gasteiger partial charge in [-0.1, -0.05) is 6.07 Å². The van der Waals surface area contributed by atoms with Crippen LogP contribution in [0.1, 0.15) is 21.5 Å². The number of carbonyl (C=O) groups is 1. The minimum Gasteiger partial charge on any atom is -0.336 e. The molecule has 1 saturated heterocycles. The first-order valence-electron chi connectivity index (χ1n) is 8.81. The molecule has 2 aromatic rings. The van der Waals surface area contributed by atoms with Crippen LogP contribution in [-0.2, 0) is 16.6 Å². The van der Waals surface area contributed by atoms with Gasteiger partial charge in [0.05, 0.1) is 11.9 Å². The number of anilines is 1. The van der Waals surface area contributed by atoms with Crippen molar-refractivity contribution in [2.45, 2.75) is 13.5 Å². The fourth-order valence-electron chi connectivity index (χ4n) is 3.10. The van der Waals surface area contributed by atoms with Crippen LogP contribution < -0.4 is 4.72 Å². The van der Waals surface area contributed by atoms with Gasteiger partial charge in [0.25, 0.3) is 5.91 Å². The normalized spacial score (nSPS) is 15.6. The number of aromatic nitrogens is 1. The Balaban J connectivity index is 1.63. The topological polar surface area (TPSA) is 82.6 Å². The van der Waals surface area contributed by atoms with Gasteiger partial charge in [-0.25, -0.2) is 8.42 Å². The second kappa shape index (κ2) is 8.06. The predicted molar refractivity (Wildman–Crippen MR) is 105 cm³/mol. The van der Waals surface area contributed by atoms with Crippen molar-refractivity contribution in [3.63, 3.8) is 0 Å². The van der Waals surface area contributed by atoms with Crippen molar-refractivity contribution in [2.24, 2.45) is 0 Å². The van der Waals surface area contributed by atoms with Crippen molar-refractivity contribution < 1.29 is 13.2 Å². The largest absolute Gasteiger partial charge is 0.336 e. The fourth-order valence-corrected chi connectivity index (χ4v) is 3.72. The van der Waals surface area contributed by atoms with Crippen LogP contribution >= 0.6 is 0 Å². The molecule has 144 valence electrons. The van der Waals surface area contributed by atoms with Gasteiger partial charge in [-0.15, -0.1) is 0 Å². The summed E-state index contributed by atoms with van der Waals surface area (Å²) in [5.41, 5.74) is 2.92. The third-order valence-corrected chi connectivity index (χ3v) is 5.19. The second-order valence-electron chi connectivity index (χ2n) is 6.83. The van der Waals surface area contributed by atoms with Crippen LogP contribution in [-0.4, -0.2) is 61.5 Å². The molecule has 1 N–H and O–H groups in total. The van der Waals surface area contributed by atoms with Gasteiger partial charge in [-0.2, -0.15) is 0 Å². The zero-order valence-electron chi connectivity index (χ0n) is 15.6. The van der Waals surface area contributed by atoms with Crippen molar-refractivity contribution >= 4 is 21.6 Å². The number of hydrogen-bond donors (Lipinski definition) is 1. The van der Waals surface area contributed by atoms with E-state index in [9.17, 15) is 13.2 Å². The van der Waals surface area contributed by atoms with Crippen LogP contribution in [0.5, 0.6) is 0 Å². The molecule has 0 atom stereocenters. The Labute approximate surface area is 160 Å². The molecule has 0 saturated carbocycles. The Morgan fingerprint density at radius 3 is 2.41 bits per heavy atom. The fraction of sp³-hybridized carbons (Fsp3) is 0.368. The van der Waals surface area contributed by atoms with Gasteiger partial charge >= 0.3 is 0 Å². The van der Waals surface area contributed by atoms with E-state index in [0.717, 1.165) is 31.5 Å². The van der Waals surface area contributed by atoms with E-state index in [4.69, 9.17) is 0 Å². The van der Waals surface area contributed by atoms with Gasteiger partial charge in [0.2, 0.25) is 10.0 Å². The maximum Gasteiger partial charge on any atom is 0.254 e. The SMILES string of the molecule is Cc1ccc(C(=O)N2CCN(Cc3ccncc3)CC2)cc1NS(C)(=O)=O. The minimum atomic E-state index is -3.39. The molecule has 1 aromatic heterocycles. The Morgan fingerprint density at radius 1 is 1.11 bits per heavy atom. The summed E-state index contributed by atoms with van der Waals surface area (Å²) in [6.45, 7) is 5.54. The molecule has 1 aliphatic rings. The van der Waals surface area contributed by atoms with Gasteiger partial charge < -0.3 is 4.90 Å². The lowest BCUT2D eigenvalue weighted by Gasteiger charge is -2.34. The smallest absolute Gasteiger partial charge is 0.254 e. The number of nitrogens with one attached hydrogen (secondary N) is 1. The average Bonchev–Trinajstić information content (AvgIpc) is 2.63. The molecule has 7 nitrogen and oxygen atoms in total. The van der Waals surface area contributed by atoms with E-state index < -0.39 is 10.0 Å². The molecule has 0 aliphatic carbocycles. The summed E-state index contributed by atoms with van der Waals surface area (Å²) in [6.07, 6.45) is 4.67. The molecule has 27 heavy (non-hydrogen) atoms. The summed E-state index contributed by atoms with van der Waals surface area (Å²) in [5, 5.41) is 0. The lowest BCUT2D eigenvalue weighted by atomic mass is 10.1. The number of aryl methyl sites for hydroxylation is 1. The van der Waals surface area contributed by atoms with Crippen molar-refractivity contribution in [1.29, 1.82) is 0 Å². The van der Waals surface area contributed by atoms with E-state index in [1.165, 1.54) is 5.56 Å². The van der Waals surface area contributed by atoms with E-state index in [0.29, 0.717) is 24.3 Å². The highest BCUT2D eigenvalue weighted by Gasteiger charge is 2.22. The number of benzene rings is 1. The van der Waals surface area contributed by atoms with Crippen LogP contribution in [0.2, 0.25) is 0 Å². The quantitative estimate of drug-likeness (QED) is 0.843. The Bertz CT molecular complexity index is 908. The van der Waals surface area contributed by atoms with Gasteiger partial charge in [-0.05, 0) is 42.3 Å². The molecular formula is C19H24N4O3S. The van der Waals surface area contributed by atoms with Crippen LogP contribution in [0.25, 0.3) is 0 Å². The van der Waals surface area contributed by atoms with Gasteiger partial charge in [0, 0.05) is 50.7 Å². The van der Waals surface area contributed by atoms with Crippen LogP contribution in [0.15, 0.2) is 42.7 Å². The van der Waals surface area contributed by atoms with E-state index in [-0.39, 0.29) is 5.91 Å². The molecule has 0 unspecified atom stereocenters. The first-order chi connectivity index (χ1) is 12.8. The predicted octanol–water partition coefficient (Wildman–Crippen LogP) is 1.72. The number of nitrogens with zero attached hydrogens (tertiary/aromatic N) is 3. The lowest BCUT2D eigenvalue weighted by Crippen LogP contribution is -2.48. The molecule has 1 fully saturated rings. The highest BCUT2D eigenvalue weighted by atomic mass is 32.2. The number of hydrogen-bond acceptors (Lipinski definition) is 5. The van der Waals surface area contributed by atoms with Crippen LogP contribution in [0.3, 0.4) is 0 Å². The Morgan fingerprint density at radius 2 is 1.78 bits per heavy atom. The number of piperazine rings is 1. The van der Waals surface area contributed by atoms with Crippen LogP contribution in [0, 0.1) is 6.92 Å². The lowest BCUT2D eigenvalue weighted by molar-refractivity contribution is 0.0628. The van der Waals surface area contributed by atoms with Gasteiger partial charge in [0.1, 0.15) is 0 Å². The molecule has 0 bridgehead atoms. The molecular weight excluding hydrogens is 364 g/mol. The minimum absolute atomic E-state index is 0.0740. The first-order valence-corrected chi connectivity index (χ1v) is 10.7. The third kappa shape index (κ3) is 5.27. The van der Waals surface area contributed by atoms with Gasteiger partial charge in [-0.3, -0.25) is 19.4 Å². The van der Waals surface area contributed by atoms with E-state index >= 15 is 0 Å². The molecule has 3 rings (SSSR count). The molecule has 1 aliphatic heterocycles. The van der Waals surface area contributed by atoms with E-state index in [1.807, 2.05) is 17.0 Å². The van der Waals surface area contributed by atoms with Crippen molar-refractivity contribution in [1.82, 2.24) is 14.8 Å². The maximum absolute atomic E-state index is 12.8. The summed E-state index contributed by atoms with van der Waals surface area (Å²) in [4.78, 5) is 21.0. The summed E-state index contributed by atoms with van der Waals surface area (Å²) in [5.74, 6) is -0.0740. The molecule has 0 spiro atoms. The number of pyridine rings is 1. The number of sulfonamides is 1. The van der Waals surface area contributed by atoms with Crippen molar-refractivity contribution in [3.8, 4) is 0 Å². The molecule has 1 aromatic carbocycles. The van der Waals surface area contributed by atoms with E-state index in [2.05, 4.69) is 14.6 Å². The molecule has 0 radical (unpaired) electrons. The Hall–Kier alpha value is -2.45. The van der Waals surface area contributed by atoms with E-state index in [1.54, 1.807) is 37.5 Å². The monoisotopic (exact) mass is 388 g/mol. The Kier molecular flexibility index (Phi) is 5.76. The van der Waals surface area contributed by atoms with Crippen molar-refractivity contribution in [3.05, 3.63) is 59.4 Å². The van der Waals surface area contributed by atoms with Crippen molar-refractivity contribution in [2.75, 3.05) is 37.2 Å². The summed E-state index contributed by atoms with van der Waals surface area (Å²) >= 11 is 0. The molecule has 8 heteroatoms. The summed E-state index contributed by atoms with van der Waals surface area (Å²) in [6, 6.07) is 9.12. The summed E-state index contributed by atoms with van der Waals surface area (Å²) < 4.78 is 25.5. The van der Waals surface area contributed by atoms with Crippen LogP contribution in [0.4, 0.5) is 5.69 Å². The second-order valence-corrected chi connectivity index (χ2v) is 8.58. The summed E-state index contributed by atoms with van der Waals surface area (Å²) in [7, 11) is -3.39. The number of carbonyl (C=O) groups excluding carboxylic acids is 1. The number of rotatable bonds is 5. The maximum atomic E-state index is 12.8.